The van der Waals surface area contributed by atoms with Gasteiger partial charge in [-0.2, -0.15) is 0 Å². The van der Waals surface area contributed by atoms with Gasteiger partial charge in [-0.1, -0.05) is 18.2 Å². The molecular formula is C29H28N4O3. The smallest absolute Gasteiger partial charge is 0.249 e. The van der Waals surface area contributed by atoms with Crippen LogP contribution in [0.4, 0.5) is 11.4 Å². The third kappa shape index (κ3) is 4.57. The number of hydrogen-bond acceptors (Lipinski definition) is 6. The second kappa shape index (κ2) is 9.51. The maximum Gasteiger partial charge on any atom is 0.249 e. The van der Waals surface area contributed by atoms with Crippen molar-refractivity contribution < 1.29 is 9.47 Å². The van der Waals surface area contributed by atoms with Crippen LogP contribution < -0.4 is 20.5 Å². The number of ether oxygens (including phenoxy) is 2. The van der Waals surface area contributed by atoms with Crippen molar-refractivity contribution in [3.8, 4) is 11.5 Å². The van der Waals surface area contributed by atoms with Crippen LogP contribution in [-0.2, 0) is 17.7 Å². The number of nitrogens with one attached hydrogen (secondary N) is 2. The van der Waals surface area contributed by atoms with E-state index in [1.165, 1.54) is 5.56 Å². The van der Waals surface area contributed by atoms with Crippen molar-refractivity contribution in [2.75, 3.05) is 29.9 Å². The molecule has 6 rings (SSSR count). The number of morpholine rings is 1. The Balaban J connectivity index is 1.20. The number of nitrogens with zero attached hydrogens (tertiary/aromatic N) is 2. The van der Waals surface area contributed by atoms with Crippen molar-refractivity contribution in [2.24, 2.45) is 0 Å². The summed E-state index contributed by atoms with van der Waals surface area (Å²) in [7, 11) is 0. The van der Waals surface area contributed by atoms with Crippen LogP contribution in [0, 0.1) is 6.92 Å². The molecule has 1 saturated heterocycles. The van der Waals surface area contributed by atoms with Gasteiger partial charge in [0.1, 0.15) is 17.6 Å². The minimum absolute atomic E-state index is 0.100. The Labute approximate surface area is 209 Å². The Kier molecular flexibility index (Phi) is 5.91. The monoisotopic (exact) mass is 480 g/mol. The van der Waals surface area contributed by atoms with Gasteiger partial charge in [0.05, 0.1) is 18.8 Å². The maximum atomic E-state index is 11.8. The maximum absolute atomic E-state index is 11.8. The van der Waals surface area contributed by atoms with Crippen LogP contribution in [0.3, 0.4) is 0 Å². The Bertz CT molecular complexity index is 1470. The van der Waals surface area contributed by atoms with Gasteiger partial charge in [-0.05, 0) is 54.4 Å². The quantitative estimate of drug-likeness (QED) is 0.370. The van der Waals surface area contributed by atoms with E-state index in [0.717, 1.165) is 58.2 Å². The number of anilines is 2. The molecule has 4 heterocycles. The van der Waals surface area contributed by atoms with Crippen molar-refractivity contribution in [3.63, 3.8) is 0 Å². The molecule has 1 fully saturated rings. The van der Waals surface area contributed by atoms with Crippen LogP contribution in [0.25, 0.3) is 0 Å². The highest BCUT2D eigenvalue weighted by Gasteiger charge is 2.28. The van der Waals surface area contributed by atoms with Crippen LogP contribution in [0.5, 0.6) is 11.5 Å². The molecule has 2 aliphatic rings. The van der Waals surface area contributed by atoms with E-state index in [4.69, 9.17) is 9.47 Å². The molecule has 0 saturated carbocycles. The van der Waals surface area contributed by atoms with E-state index in [2.05, 4.69) is 57.4 Å². The lowest BCUT2D eigenvalue weighted by Crippen LogP contribution is -2.39. The van der Waals surface area contributed by atoms with Crippen LogP contribution in [0.1, 0.15) is 34.1 Å². The van der Waals surface area contributed by atoms with E-state index in [0.29, 0.717) is 19.7 Å². The lowest BCUT2D eigenvalue weighted by Gasteiger charge is -2.36. The molecule has 7 nitrogen and oxygen atoms in total. The molecular weight excluding hydrogens is 452 g/mol. The summed E-state index contributed by atoms with van der Waals surface area (Å²) in [4.78, 5) is 21.1. The summed E-state index contributed by atoms with van der Waals surface area (Å²) in [6.45, 7) is 4.73. The van der Waals surface area contributed by atoms with Crippen LogP contribution in [-0.4, -0.2) is 29.7 Å². The van der Waals surface area contributed by atoms with Gasteiger partial charge in [0.15, 0.2) is 0 Å². The topological polar surface area (TPSA) is 79.5 Å². The summed E-state index contributed by atoms with van der Waals surface area (Å²) in [6.07, 6.45) is 4.18. The van der Waals surface area contributed by atoms with Crippen molar-refractivity contribution in [3.05, 3.63) is 111 Å². The molecule has 2 aliphatic heterocycles. The van der Waals surface area contributed by atoms with Gasteiger partial charge in [-0.25, -0.2) is 0 Å². The predicted molar refractivity (Wildman–Crippen MR) is 140 cm³/mol. The van der Waals surface area contributed by atoms with E-state index in [9.17, 15) is 4.79 Å². The summed E-state index contributed by atoms with van der Waals surface area (Å²) in [5.74, 6) is 1.75. The normalized spacial score (nSPS) is 16.6. The molecule has 0 spiro atoms. The van der Waals surface area contributed by atoms with E-state index >= 15 is 0 Å². The Morgan fingerprint density at radius 3 is 2.94 bits per heavy atom. The molecule has 2 aromatic carbocycles. The van der Waals surface area contributed by atoms with Crippen molar-refractivity contribution >= 4 is 11.4 Å². The van der Waals surface area contributed by atoms with E-state index in [-0.39, 0.29) is 11.7 Å². The van der Waals surface area contributed by atoms with Gasteiger partial charge in [0, 0.05) is 60.5 Å². The number of aromatic nitrogens is 2. The molecule has 1 atom stereocenters. The first-order valence-electron chi connectivity index (χ1n) is 12.3. The molecule has 0 amide bonds. The summed E-state index contributed by atoms with van der Waals surface area (Å²) < 4.78 is 12.6. The molecule has 2 N–H and O–H groups in total. The third-order valence-electron chi connectivity index (χ3n) is 6.76. The standard InChI is InChI=1S/C29H28N4O3/c1-19-7-9-30-23(13-19)17-32-22-5-6-26-21(15-22)14-20-3-2-4-25(29(20)36-26)27-18-33(11-12-35-27)24-8-10-31-28(34)16-24/h2-10,13,15-16,27,32H,11-12,14,17-18H2,1H3,(H,31,34). The van der Waals surface area contributed by atoms with Crippen molar-refractivity contribution in [1.82, 2.24) is 9.97 Å². The SMILES string of the molecule is Cc1ccnc(CNc2ccc3c(c2)Cc2cccc(C4CN(c5cc[nH]c(=O)c5)CCO4)c2O3)c1. The van der Waals surface area contributed by atoms with Crippen LogP contribution in [0.15, 0.2) is 77.9 Å². The van der Waals surface area contributed by atoms with Gasteiger partial charge < -0.3 is 24.7 Å². The minimum Gasteiger partial charge on any atom is -0.456 e. The molecule has 7 heteroatoms. The lowest BCUT2D eigenvalue weighted by molar-refractivity contribution is 0.0384. The van der Waals surface area contributed by atoms with E-state index in [1.54, 1.807) is 12.3 Å². The number of fused-ring (bicyclic) bond motifs is 2. The average Bonchev–Trinajstić information content (AvgIpc) is 2.90. The van der Waals surface area contributed by atoms with Crippen LogP contribution >= 0.6 is 0 Å². The van der Waals surface area contributed by atoms with Crippen molar-refractivity contribution in [1.29, 1.82) is 0 Å². The number of aryl methyl sites for hydroxylation is 1. The zero-order chi connectivity index (χ0) is 24.5. The highest BCUT2D eigenvalue weighted by atomic mass is 16.5. The van der Waals surface area contributed by atoms with Gasteiger partial charge >= 0.3 is 0 Å². The molecule has 1 unspecified atom stereocenters. The first-order valence-corrected chi connectivity index (χ1v) is 12.3. The number of aromatic amines is 1. The average molecular weight is 481 g/mol. The molecule has 0 aliphatic carbocycles. The molecule has 0 radical (unpaired) electrons. The molecule has 182 valence electrons. The van der Waals surface area contributed by atoms with Crippen LogP contribution in [0.2, 0.25) is 0 Å². The molecule has 0 bridgehead atoms. The number of benzene rings is 2. The predicted octanol–water partition coefficient (Wildman–Crippen LogP) is 4.96. The fourth-order valence-corrected chi connectivity index (χ4v) is 4.95. The highest BCUT2D eigenvalue weighted by molar-refractivity contribution is 5.59. The van der Waals surface area contributed by atoms with Gasteiger partial charge in [0.2, 0.25) is 5.56 Å². The fraction of sp³-hybridized carbons (Fsp3) is 0.241. The number of pyridine rings is 2. The Hall–Kier alpha value is -4.10. The second-order valence-electron chi connectivity index (χ2n) is 9.33. The van der Waals surface area contributed by atoms with Gasteiger partial charge in [-0.3, -0.25) is 9.78 Å². The Morgan fingerprint density at radius 2 is 2.06 bits per heavy atom. The van der Waals surface area contributed by atoms with E-state index in [1.807, 2.05) is 30.5 Å². The van der Waals surface area contributed by atoms with Crippen molar-refractivity contribution in [2.45, 2.75) is 26.0 Å². The largest absolute Gasteiger partial charge is 0.456 e. The molecule has 2 aromatic heterocycles. The zero-order valence-corrected chi connectivity index (χ0v) is 20.2. The molecule has 4 aromatic rings. The highest BCUT2D eigenvalue weighted by Crippen LogP contribution is 2.43. The number of para-hydroxylation sites is 1. The van der Waals surface area contributed by atoms with E-state index < -0.39 is 0 Å². The van der Waals surface area contributed by atoms with Gasteiger partial charge in [-0.15, -0.1) is 0 Å². The fourth-order valence-electron chi connectivity index (χ4n) is 4.95. The lowest BCUT2D eigenvalue weighted by atomic mass is 9.95. The number of hydrogen-bond donors (Lipinski definition) is 2. The second-order valence-corrected chi connectivity index (χ2v) is 9.33. The number of H-pyrrole nitrogens is 1. The third-order valence-corrected chi connectivity index (χ3v) is 6.76. The summed E-state index contributed by atoms with van der Waals surface area (Å²) in [6, 6.07) is 20.2. The summed E-state index contributed by atoms with van der Waals surface area (Å²) in [5, 5.41) is 3.48. The summed E-state index contributed by atoms with van der Waals surface area (Å²) in [5.41, 5.74) is 7.41. The molecule has 36 heavy (non-hydrogen) atoms. The Morgan fingerprint density at radius 1 is 1.11 bits per heavy atom. The first kappa shape index (κ1) is 22.4. The van der Waals surface area contributed by atoms with Gasteiger partial charge in [0.25, 0.3) is 0 Å². The minimum atomic E-state index is -0.141. The summed E-state index contributed by atoms with van der Waals surface area (Å²) >= 11 is 0. The zero-order valence-electron chi connectivity index (χ0n) is 20.2. The number of rotatable bonds is 5. The first-order chi connectivity index (χ1) is 17.6.